The molecule has 0 bridgehead atoms. The first-order valence-electron chi connectivity index (χ1n) is 0.428. The number of hydrogen-bond donors (Lipinski definition) is 0. The first kappa shape index (κ1) is 15.7. The Kier molecular flexibility index (Phi) is 52.0. The molecule has 0 saturated heterocycles. The van der Waals surface area contributed by atoms with E-state index in [9.17, 15) is 0 Å². The minimum Gasteiger partial charge on any atom is -0.696 e. The first-order chi connectivity index (χ1) is 1.41. The third-order valence-corrected chi connectivity index (χ3v) is 0. The van der Waals surface area contributed by atoms with Crippen LogP contribution in [0.1, 0.15) is 0 Å². The number of nitrogens with zero attached hydrogens (tertiary/aromatic N) is 1. The standard InChI is InChI=1S/CHNS.Au.K/c2-1-3;;/h3H;;/q;;+1/p-1. The van der Waals surface area contributed by atoms with Crippen LogP contribution in [0.25, 0.3) is 0 Å². The van der Waals surface area contributed by atoms with Gasteiger partial charge in [-0.15, -0.1) is 0 Å². The molecule has 0 aromatic carbocycles. The Morgan fingerprint density at radius 1 is 1.60 bits per heavy atom. The van der Waals surface area contributed by atoms with Crippen molar-refractivity contribution < 1.29 is 73.8 Å². The molecule has 0 aromatic rings. The van der Waals surface area contributed by atoms with E-state index in [1.54, 1.807) is 0 Å². The molecule has 1 radical (unpaired) electrons. The molecule has 0 atom stereocenters. The molecule has 0 aliphatic rings. The smallest absolute Gasteiger partial charge is 0.696 e. The molecule has 0 N–H and O–H groups in total. The van der Waals surface area contributed by atoms with Crippen LogP contribution >= 0.6 is 0 Å². The molecule has 0 heterocycles. The number of thiocyanates is 1. The largest absolute Gasteiger partial charge is 1.00 e. The van der Waals surface area contributed by atoms with Crippen molar-refractivity contribution in [3.63, 3.8) is 0 Å². The van der Waals surface area contributed by atoms with Crippen LogP contribution in [0.2, 0.25) is 0 Å². The molecule has 1 nitrogen and oxygen atoms in total. The van der Waals surface area contributed by atoms with Crippen LogP contribution in [-0.2, 0) is 35.0 Å². The zero-order valence-electron chi connectivity index (χ0n) is 2.66. The third kappa shape index (κ3) is 23.3. The molecule has 0 aromatic heterocycles. The SMILES string of the molecule is N#C[S-].[Au].[K+]. The van der Waals surface area contributed by atoms with Gasteiger partial charge in [0.2, 0.25) is 0 Å². The summed E-state index contributed by atoms with van der Waals surface area (Å²) in [6.45, 7) is 0. The summed E-state index contributed by atoms with van der Waals surface area (Å²) in [6, 6.07) is 0. The van der Waals surface area contributed by atoms with E-state index in [4.69, 9.17) is 5.26 Å². The van der Waals surface area contributed by atoms with Gasteiger partial charge in [0.05, 0.1) is 0 Å². The molecule has 0 fully saturated rings. The van der Waals surface area contributed by atoms with Gasteiger partial charge >= 0.3 is 51.4 Å². The Bertz CT molecular complexity index is 33.1. The Morgan fingerprint density at radius 3 is 1.60 bits per heavy atom. The van der Waals surface area contributed by atoms with Crippen molar-refractivity contribution in [2.75, 3.05) is 0 Å². The van der Waals surface area contributed by atoms with E-state index in [1.165, 1.54) is 5.40 Å². The third-order valence-electron chi connectivity index (χ3n) is 0. The summed E-state index contributed by atoms with van der Waals surface area (Å²) in [5, 5.41) is 8.47. The molecule has 27 valence electrons. The topological polar surface area (TPSA) is 23.8 Å². The summed E-state index contributed by atoms with van der Waals surface area (Å²) in [4.78, 5) is 0. The van der Waals surface area contributed by atoms with Crippen LogP contribution in [0.5, 0.6) is 0 Å². The van der Waals surface area contributed by atoms with E-state index < -0.39 is 0 Å². The van der Waals surface area contributed by atoms with Gasteiger partial charge in [-0.2, -0.15) is 0 Å². The Morgan fingerprint density at radius 2 is 1.60 bits per heavy atom. The van der Waals surface area contributed by atoms with Crippen molar-refractivity contribution in [1.82, 2.24) is 0 Å². The summed E-state index contributed by atoms with van der Waals surface area (Å²) < 4.78 is 0. The Labute approximate surface area is 94.8 Å². The summed E-state index contributed by atoms with van der Waals surface area (Å²) >= 11 is 3.70. The molecule has 5 heavy (non-hydrogen) atoms. The molecule has 0 amide bonds. The van der Waals surface area contributed by atoms with Crippen LogP contribution in [0.15, 0.2) is 0 Å². The molecule has 0 spiro atoms. The van der Waals surface area contributed by atoms with Gasteiger partial charge in [-0.1, -0.05) is 5.40 Å². The van der Waals surface area contributed by atoms with E-state index in [2.05, 4.69) is 12.6 Å². The van der Waals surface area contributed by atoms with Crippen LogP contribution in [0, 0.1) is 10.7 Å². The van der Waals surface area contributed by atoms with E-state index in [0.29, 0.717) is 0 Å². The second kappa shape index (κ2) is 16.5. The maximum Gasteiger partial charge on any atom is 1.00 e. The van der Waals surface area contributed by atoms with Gasteiger partial charge in [0, 0.05) is 22.4 Å². The average molecular weight is 294 g/mol. The second-order valence-corrected chi connectivity index (χ2v) is 0.274. The number of hydrogen-bond acceptors (Lipinski definition) is 2. The van der Waals surface area contributed by atoms with E-state index in [1.807, 2.05) is 0 Å². The van der Waals surface area contributed by atoms with Crippen LogP contribution in [0.3, 0.4) is 0 Å². The fraction of sp³-hybridized carbons (Fsp3) is 0. The maximum absolute atomic E-state index is 7.13. The van der Waals surface area contributed by atoms with Gasteiger partial charge in [0.25, 0.3) is 0 Å². The predicted octanol–water partition coefficient (Wildman–Crippen LogP) is -2.98. The molecule has 0 aliphatic heterocycles. The minimum atomic E-state index is 0. The summed E-state index contributed by atoms with van der Waals surface area (Å²) in [5.41, 5.74) is 0. The van der Waals surface area contributed by atoms with Gasteiger partial charge in [-0.3, -0.25) is 0 Å². The number of rotatable bonds is 0. The van der Waals surface area contributed by atoms with E-state index >= 15 is 0 Å². The predicted molar refractivity (Wildman–Crippen MR) is 13.0 cm³/mol. The monoisotopic (exact) mass is 294 g/mol. The summed E-state index contributed by atoms with van der Waals surface area (Å²) in [7, 11) is 0. The van der Waals surface area contributed by atoms with Crippen LogP contribution < -0.4 is 51.4 Å². The van der Waals surface area contributed by atoms with E-state index in [-0.39, 0.29) is 73.8 Å². The summed E-state index contributed by atoms with van der Waals surface area (Å²) in [5.74, 6) is 0. The van der Waals surface area contributed by atoms with Gasteiger partial charge in [-0.25, -0.2) is 5.26 Å². The Hall–Kier alpha value is 2.09. The number of nitriles is 1. The summed E-state index contributed by atoms with van der Waals surface area (Å²) in [6.07, 6.45) is 0. The van der Waals surface area contributed by atoms with Crippen molar-refractivity contribution in [1.29, 1.82) is 5.26 Å². The quantitative estimate of drug-likeness (QED) is 0.270. The van der Waals surface area contributed by atoms with Crippen LogP contribution in [-0.4, -0.2) is 0 Å². The molecular formula is CAuKNS. The molecule has 4 heteroatoms. The molecule has 0 unspecified atom stereocenters. The van der Waals surface area contributed by atoms with Gasteiger partial charge in [-0.05, 0) is 0 Å². The second-order valence-electron chi connectivity index (χ2n) is 0.0913. The normalized spacial score (nSPS) is 1.40. The zero-order chi connectivity index (χ0) is 2.71. The molecule has 0 saturated carbocycles. The van der Waals surface area contributed by atoms with E-state index in [0.717, 1.165) is 0 Å². The molecule has 0 rings (SSSR count). The van der Waals surface area contributed by atoms with Crippen molar-refractivity contribution in [3.05, 3.63) is 0 Å². The van der Waals surface area contributed by atoms with Crippen LogP contribution in [0.4, 0.5) is 0 Å². The van der Waals surface area contributed by atoms with Crippen molar-refractivity contribution in [2.45, 2.75) is 0 Å². The van der Waals surface area contributed by atoms with Gasteiger partial charge in [0.15, 0.2) is 0 Å². The van der Waals surface area contributed by atoms with Crippen molar-refractivity contribution in [3.8, 4) is 5.40 Å². The van der Waals surface area contributed by atoms with Gasteiger partial charge in [0.1, 0.15) is 0 Å². The average Bonchev–Trinajstić information content (AvgIpc) is 0.918. The molecular weight excluding hydrogens is 294 g/mol. The fourth-order valence-corrected chi connectivity index (χ4v) is 0. The first-order valence-corrected chi connectivity index (χ1v) is 0.836. The van der Waals surface area contributed by atoms with Crippen molar-refractivity contribution in [2.24, 2.45) is 0 Å². The maximum atomic E-state index is 7.13. The fourth-order valence-electron chi connectivity index (χ4n) is 0. The minimum absolute atomic E-state index is 0. The van der Waals surface area contributed by atoms with Gasteiger partial charge < -0.3 is 12.6 Å². The Balaban J connectivity index is -0.0000000200. The zero-order valence-corrected chi connectivity index (χ0v) is 8.76. The molecule has 0 aliphatic carbocycles. The van der Waals surface area contributed by atoms with Crippen molar-refractivity contribution >= 4 is 12.6 Å².